The molecule has 0 saturated heterocycles. The van der Waals surface area contributed by atoms with Crippen molar-refractivity contribution in [1.29, 1.82) is 0 Å². The van der Waals surface area contributed by atoms with Gasteiger partial charge in [0.15, 0.2) is 0 Å². The number of nitrogen functional groups attached to an aromatic ring is 1. The summed E-state index contributed by atoms with van der Waals surface area (Å²) < 4.78 is 1.80. The molecule has 2 aromatic rings. The number of nitrogens with one attached hydrogen (secondary N) is 1. The number of hydrogen-bond donors (Lipinski definition) is 2. The van der Waals surface area contributed by atoms with E-state index in [-0.39, 0.29) is 0 Å². The average Bonchev–Trinajstić information content (AvgIpc) is 2.64. The van der Waals surface area contributed by atoms with Crippen LogP contribution in [-0.4, -0.2) is 14.8 Å². The second-order valence-electron chi connectivity index (χ2n) is 4.63. The number of nitrogens with zero attached hydrogens (tertiary/aromatic N) is 3. The van der Waals surface area contributed by atoms with Gasteiger partial charge in [-0.1, -0.05) is 13.8 Å². The molecular weight excluding hydrogens is 226 g/mol. The van der Waals surface area contributed by atoms with Crippen molar-refractivity contribution in [3.63, 3.8) is 0 Å². The molecule has 0 spiro atoms. The maximum atomic E-state index is 6.11. The molecule has 0 bridgehead atoms. The lowest BCUT2D eigenvalue weighted by molar-refractivity contribution is 0.715. The van der Waals surface area contributed by atoms with Gasteiger partial charge >= 0.3 is 0 Å². The van der Waals surface area contributed by atoms with E-state index in [9.17, 15) is 0 Å². The molecule has 0 atom stereocenters. The van der Waals surface area contributed by atoms with E-state index in [0.29, 0.717) is 12.5 Å². The largest absolute Gasteiger partial charge is 0.394 e. The van der Waals surface area contributed by atoms with E-state index >= 15 is 0 Å². The predicted octanol–water partition coefficient (Wildman–Crippen LogP) is 2.13. The number of rotatable bonds is 4. The van der Waals surface area contributed by atoms with Gasteiger partial charge in [0.05, 0.1) is 11.4 Å². The lowest BCUT2D eigenvalue weighted by atomic mass is 10.1. The Morgan fingerprint density at radius 1 is 1.33 bits per heavy atom. The van der Waals surface area contributed by atoms with Crippen LogP contribution in [0.1, 0.15) is 31.0 Å². The van der Waals surface area contributed by atoms with Gasteiger partial charge < -0.3 is 11.1 Å². The zero-order valence-electron chi connectivity index (χ0n) is 11.0. The molecule has 3 N–H and O–H groups in total. The van der Waals surface area contributed by atoms with E-state index in [0.717, 1.165) is 22.8 Å². The number of hydrogen-bond acceptors (Lipinski definition) is 4. The zero-order valence-corrected chi connectivity index (χ0v) is 11.0. The number of anilines is 2. The average molecular weight is 245 g/mol. The van der Waals surface area contributed by atoms with Gasteiger partial charge in [-0.2, -0.15) is 5.10 Å². The van der Waals surface area contributed by atoms with Crippen LogP contribution in [0.15, 0.2) is 24.5 Å². The van der Waals surface area contributed by atoms with Gasteiger partial charge in [-0.3, -0.25) is 9.67 Å². The highest BCUT2D eigenvalue weighted by Gasteiger charge is 2.15. The van der Waals surface area contributed by atoms with Crippen molar-refractivity contribution in [2.75, 3.05) is 11.1 Å². The van der Waals surface area contributed by atoms with Gasteiger partial charge in [0.2, 0.25) is 0 Å². The van der Waals surface area contributed by atoms with Crippen molar-refractivity contribution in [2.24, 2.45) is 7.05 Å². The lowest BCUT2D eigenvalue weighted by Gasteiger charge is -2.07. The molecule has 5 heteroatoms. The molecule has 5 nitrogen and oxygen atoms in total. The molecular formula is C13H19N5. The third kappa shape index (κ3) is 2.45. The normalized spacial score (nSPS) is 10.9. The van der Waals surface area contributed by atoms with Gasteiger partial charge in [0.25, 0.3) is 0 Å². The highest BCUT2D eigenvalue weighted by molar-refractivity contribution is 5.65. The first kappa shape index (κ1) is 12.4. The fourth-order valence-corrected chi connectivity index (χ4v) is 1.88. The Labute approximate surface area is 107 Å². The van der Waals surface area contributed by atoms with Crippen LogP contribution in [0.2, 0.25) is 0 Å². The molecule has 0 saturated carbocycles. The van der Waals surface area contributed by atoms with Crippen molar-refractivity contribution in [3.05, 3.63) is 35.8 Å². The van der Waals surface area contributed by atoms with E-state index in [4.69, 9.17) is 5.73 Å². The standard InChI is InChI=1S/C13H19N5/c1-9(2)12-11(14)13(18(3)17-12)16-8-10-4-6-15-7-5-10/h4-7,9,16H,8,14H2,1-3H3. The first-order chi connectivity index (χ1) is 8.59. The van der Waals surface area contributed by atoms with Crippen LogP contribution in [0, 0.1) is 0 Å². The molecule has 0 aromatic carbocycles. The number of pyridine rings is 1. The summed E-state index contributed by atoms with van der Waals surface area (Å²) in [6.07, 6.45) is 3.56. The summed E-state index contributed by atoms with van der Waals surface area (Å²) in [5, 5.41) is 7.76. The van der Waals surface area contributed by atoms with Crippen LogP contribution in [0.5, 0.6) is 0 Å². The quantitative estimate of drug-likeness (QED) is 0.865. The first-order valence-electron chi connectivity index (χ1n) is 6.04. The molecule has 0 amide bonds. The molecule has 0 aliphatic rings. The van der Waals surface area contributed by atoms with E-state index in [1.807, 2.05) is 19.2 Å². The van der Waals surface area contributed by atoms with Gasteiger partial charge in [-0.15, -0.1) is 0 Å². The van der Waals surface area contributed by atoms with Crippen LogP contribution in [0.3, 0.4) is 0 Å². The van der Waals surface area contributed by atoms with Crippen molar-refractivity contribution in [3.8, 4) is 0 Å². The molecule has 0 unspecified atom stereocenters. The Bertz CT molecular complexity index is 516. The fourth-order valence-electron chi connectivity index (χ4n) is 1.88. The van der Waals surface area contributed by atoms with Crippen LogP contribution in [-0.2, 0) is 13.6 Å². The molecule has 2 rings (SSSR count). The summed E-state index contributed by atoms with van der Waals surface area (Å²) in [5.41, 5.74) is 8.95. The molecule has 0 aliphatic carbocycles. The van der Waals surface area contributed by atoms with Crippen LogP contribution in [0.25, 0.3) is 0 Å². The Balaban J connectivity index is 2.15. The smallest absolute Gasteiger partial charge is 0.148 e. The minimum Gasteiger partial charge on any atom is -0.394 e. The Hall–Kier alpha value is -2.04. The fraction of sp³-hybridized carbons (Fsp3) is 0.385. The molecule has 0 radical (unpaired) electrons. The summed E-state index contributed by atoms with van der Waals surface area (Å²) in [6, 6.07) is 3.95. The summed E-state index contributed by atoms with van der Waals surface area (Å²) in [6.45, 7) is 4.89. The number of aryl methyl sites for hydroxylation is 1. The predicted molar refractivity (Wildman–Crippen MR) is 73.3 cm³/mol. The second kappa shape index (κ2) is 5.08. The van der Waals surface area contributed by atoms with Crippen LogP contribution in [0.4, 0.5) is 11.5 Å². The molecule has 0 aliphatic heterocycles. The number of nitrogens with two attached hydrogens (primary N) is 1. The van der Waals surface area contributed by atoms with E-state index in [2.05, 4.69) is 29.2 Å². The third-order valence-corrected chi connectivity index (χ3v) is 2.87. The molecule has 2 aromatic heterocycles. The summed E-state index contributed by atoms with van der Waals surface area (Å²) in [4.78, 5) is 3.99. The molecule has 2 heterocycles. The minimum absolute atomic E-state index is 0.327. The van der Waals surface area contributed by atoms with Crippen molar-refractivity contribution in [2.45, 2.75) is 26.3 Å². The van der Waals surface area contributed by atoms with Gasteiger partial charge in [-0.05, 0) is 23.6 Å². The van der Waals surface area contributed by atoms with E-state index in [1.165, 1.54) is 0 Å². The van der Waals surface area contributed by atoms with Crippen molar-refractivity contribution >= 4 is 11.5 Å². The Morgan fingerprint density at radius 2 is 2.00 bits per heavy atom. The van der Waals surface area contributed by atoms with Gasteiger partial charge in [-0.25, -0.2) is 0 Å². The van der Waals surface area contributed by atoms with Gasteiger partial charge in [0, 0.05) is 26.0 Å². The Morgan fingerprint density at radius 3 is 2.56 bits per heavy atom. The summed E-state index contributed by atoms with van der Waals surface area (Å²) in [5.74, 6) is 1.20. The summed E-state index contributed by atoms with van der Waals surface area (Å²) >= 11 is 0. The topological polar surface area (TPSA) is 68.8 Å². The van der Waals surface area contributed by atoms with Crippen LogP contribution >= 0.6 is 0 Å². The maximum absolute atomic E-state index is 6.11. The van der Waals surface area contributed by atoms with Crippen molar-refractivity contribution < 1.29 is 0 Å². The molecule has 96 valence electrons. The highest BCUT2D eigenvalue weighted by atomic mass is 15.3. The van der Waals surface area contributed by atoms with E-state index < -0.39 is 0 Å². The number of aromatic nitrogens is 3. The maximum Gasteiger partial charge on any atom is 0.148 e. The molecule has 0 fully saturated rings. The monoisotopic (exact) mass is 245 g/mol. The minimum atomic E-state index is 0.327. The molecule has 18 heavy (non-hydrogen) atoms. The van der Waals surface area contributed by atoms with E-state index in [1.54, 1.807) is 17.1 Å². The lowest BCUT2D eigenvalue weighted by Crippen LogP contribution is -2.06. The first-order valence-corrected chi connectivity index (χ1v) is 6.04. The SMILES string of the molecule is CC(C)c1nn(C)c(NCc2ccncc2)c1N. The third-order valence-electron chi connectivity index (χ3n) is 2.87. The second-order valence-corrected chi connectivity index (χ2v) is 4.63. The van der Waals surface area contributed by atoms with Crippen molar-refractivity contribution in [1.82, 2.24) is 14.8 Å². The highest BCUT2D eigenvalue weighted by Crippen LogP contribution is 2.27. The Kier molecular flexibility index (Phi) is 3.50. The summed E-state index contributed by atoms with van der Waals surface area (Å²) in [7, 11) is 1.90. The zero-order chi connectivity index (χ0) is 13.1. The van der Waals surface area contributed by atoms with Crippen LogP contribution < -0.4 is 11.1 Å². The van der Waals surface area contributed by atoms with Gasteiger partial charge in [0.1, 0.15) is 5.82 Å².